The molecule has 1 aromatic carbocycles. The minimum absolute atomic E-state index is 0.371. The number of benzene rings is 1. The van der Waals surface area contributed by atoms with Crippen LogP contribution < -0.4 is 11.2 Å². The van der Waals surface area contributed by atoms with Crippen LogP contribution in [0.2, 0.25) is 0 Å². The van der Waals surface area contributed by atoms with Crippen molar-refractivity contribution in [1.82, 2.24) is 9.55 Å². The van der Waals surface area contributed by atoms with Crippen LogP contribution in [0.15, 0.2) is 44.4 Å². The first-order valence-corrected chi connectivity index (χ1v) is 5.47. The second-order valence-corrected chi connectivity index (χ2v) is 4.12. The predicted molar refractivity (Wildman–Crippen MR) is 65.1 cm³/mol. The molecular formula is C11H9BrN2O2. The summed E-state index contributed by atoms with van der Waals surface area (Å²) in [6, 6.07) is 9.14. The number of para-hydroxylation sites is 1. The van der Waals surface area contributed by atoms with E-state index in [1.807, 2.05) is 18.2 Å². The number of hydrogen-bond acceptors (Lipinski definition) is 2. The van der Waals surface area contributed by atoms with Crippen molar-refractivity contribution < 1.29 is 0 Å². The summed E-state index contributed by atoms with van der Waals surface area (Å²) < 4.78 is 1.82. The van der Waals surface area contributed by atoms with Crippen LogP contribution >= 0.6 is 15.9 Å². The maximum absolute atomic E-state index is 11.7. The lowest BCUT2D eigenvalue weighted by Crippen LogP contribution is -2.31. The number of hydrogen-bond donors (Lipinski definition) is 1. The zero-order valence-electron chi connectivity index (χ0n) is 8.53. The molecule has 16 heavy (non-hydrogen) atoms. The lowest BCUT2D eigenvalue weighted by Gasteiger charge is -2.09. The lowest BCUT2D eigenvalue weighted by atomic mass is 10.3. The van der Waals surface area contributed by atoms with E-state index in [2.05, 4.69) is 20.9 Å². The van der Waals surface area contributed by atoms with Gasteiger partial charge in [-0.15, -0.1) is 0 Å². The van der Waals surface area contributed by atoms with E-state index in [9.17, 15) is 9.59 Å². The van der Waals surface area contributed by atoms with E-state index in [0.717, 1.165) is 5.69 Å². The highest BCUT2D eigenvalue weighted by molar-refractivity contribution is 9.10. The molecule has 2 aromatic rings. The Morgan fingerprint density at radius 2 is 1.81 bits per heavy atom. The molecule has 0 bridgehead atoms. The Morgan fingerprint density at radius 3 is 2.44 bits per heavy atom. The van der Waals surface area contributed by atoms with Crippen LogP contribution in [0, 0.1) is 6.92 Å². The van der Waals surface area contributed by atoms with E-state index in [1.165, 1.54) is 4.57 Å². The highest BCUT2D eigenvalue weighted by Gasteiger charge is 2.09. The van der Waals surface area contributed by atoms with Gasteiger partial charge in [-0.1, -0.05) is 18.2 Å². The maximum Gasteiger partial charge on any atom is 0.333 e. The van der Waals surface area contributed by atoms with Crippen molar-refractivity contribution in [3.05, 3.63) is 61.3 Å². The number of aromatic nitrogens is 2. The average Bonchev–Trinajstić information content (AvgIpc) is 2.28. The van der Waals surface area contributed by atoms with Gasteiger partial charge in [-0.3, -0.25) is 14.3 Å². The highest BCUT2D eigenvalue weighted by atomic mass is 79.9. The molecular weight excluding hydrogens is 272 g/mol. The van der Waals surface area contributed by atoms with Gasteiger partial charge in [0.15, 0.2) is 0 Å². The van der Waals surface area contributed by atoms with Gasteiger partial charge in [0.2, 0.25) is 0 Å². The fourth-order valence-electron chi connectivity index (χ4n) is 1.51. The molecule has 0 fully saturated rings. The van der Waals surface area contributed by atoms with Gasteiger partial charge in [0, 0.05) is 5.69 Å². The zero-order chi connectivity index (χ0) is 11.7. The van der Waals surface area contributed by atoms with Crippen LogP contribution in [-0.4, -0.2) is 9.55 Å². The normalized spacial score (nSPS) is 10.4. The predicted octanol–water partition coefficient (Wildman–Crippen LogP) is 1.60. The van der Waals surface area contributed by atoms with Gasteiger partial charge in [-0.05, 0) is 35.0 Å². The molecule has 0 aliphatic carbocycles. The molecule has 0 unspecified atom stereocenters. The summed E-state index contributed by atoms with van der Waals surface area (Å²) in [6.45, 7) is 1.72. The van der Waals surface area contributed by atoms with Gasteiger partial charge in [-0.2, -0.15) is 0 Å². The van der Waals surface area contributed by atoms with Crippen LogP contribution in [0.5, 0.6) is 0 Å². The summed E-state index contributed by atoms with van der Waals surface area (Å²) in [5.41, 5.74) is 0.466. The number of halogens is 1. The summed E-state index contributed by atoms with van der Waals surface area (Å²) in [5.74, 6) is 0. The van der Waals surface area contributed by atoms with Gasteiger partial charge < -0.3 is 0 Å². The Bertz CT molecular complexity index is 629. The van der Waals surface area contributed by atoms with Crippen LogP contribution in [0.4, 0.5) is 0 Å². The number of H-pyrrole nitrogens is 1. The van der Waals surface area contributed by atoms with Crippen molar-refractivity contribution in [3.8, 4) is 5.69 Å². The van der Waals surface area contributed by atoms with Crippen LogP contribution in [0.1, 0.15) is 5.69 Å². The molecule has 4 nitrogen and oxygen atoms in total. The standard InChI is InChI=1S/C11H9BrN2O2/c1-7-9(12)10(15)13-11(16)14(7)8-5-3-2-4-6-8/h2-6H,1H3,(H,13,15,16). The van der Waals surface area contributed by atoms with E-state index in [0.29, 0.717) is 10.2 Å². The molecule has 0 spiro atoms. The molecule has 1 N–H and O–H groups in total. The number of nitrogens with one attached hydrogen (secondary N) is 1. The van der Waals surface area contributed by atoms with Crippen molar-refractivity contribution in [2.24, 2.45) is 0 Å². The van der Waals surface area contributed by atoms with Gasteiger partial charge >= 0.3 is 5.69 Å². The molecule has 5 heteroatoms. The summed E-state index contributed by atoms with van der Waals surface area (Å²) in [6.07, 6.45) is 0. The number of aromatic amines is 1. The Kier molecular flexibility index (Phi) is 2.78. The maximum atomic E-state index is 11.7. The first-order chi connectivity index (χ1) is 7.61. The van der Waals surface area contributed by atoms with E-state index < -0.39 is 11.2 Å². The van der Waals surface area contributed by atoms with Gasteiger partial charge in [0.1, 0.15) is 4.47 Å². The molecule has 82 valence electrons. The third-order valence-electron chi connectivity index (χ3n) is 2.29. The molecule has 1 heterocycles. The molecule has 0 radical (unpaired) electrons. The summed E-state index contributed by atoms with van der Waals surface area (Å²) in [5, 5.41) is 0. The summed E-state index contributed by atoms with van der Waals surface area (Å²) >= 11 is 3.16. The van der Waals surface area contributed by atoms with Crippen molar-refractivity contribution in [2.45, 2.75) is 6.92 Å². The topological polar surface area (TPSA) is 54.9 Å². The second-order valence-electron chi connectivity index (χ2n) is 3.33. The second kappa shape index (κ2) is 4.09. The number of rotatable bonds is 1. The van der Waals surface area contributed by atoms with Crippen molar-refractivity contribution >= 4 is 15.9 Å². The minimum Gasteiger partial charge on any atom is -0.273 e. The quantitative estimate of drug-likeness (QED) is 0.863. The SMILES string of the molecule is Cc1c(Br)c(=O)[nH]c(=O)n1-c1ccccc1. The van der Waals surface area contributed by atoms with E-state index in [4.69, 9.17) is 0 Å². The Labute approximate surface area is 99.7 Å². The first-order valence-electron chi connectivity index (χ1n) is 4.68. The minimum atomic E-state index is -0.433. The third kappa shape index (κ3) is 1.74. The van der Waals surface area contributed by atoms with E-state index in [-0.39, 0.29) is 0 Å². The van der Waals surface area contributed by atoms with Gasteiger partial charge in [0.25, 0.3) is 5.56 Å². The van der Waals surface area contributed by atoms with Crippen molar-refractivity contribution in [2.75, 3.05) is 0 Å². The van der Waals surface area contributed by atoms with E-state index in [1.54, 1.807) is 19.1 Å². The summed E-state index contributed by atoms with van der Waals surface area (Å²) in [4.78, 5) is 25.3. The van der Waals surface area contributed by atoms with Gasteiger partial charge in [-0.25, -0.2) is 4.79 Å². The Hall–Kier alpha value is -1.62. The average molecular weight is 281 g/mol. The largest absolute Gasteiger partial charge is 0.333 e. The van der Waals surface area contributed by atoms with Gasteiger partial charge in [0.05, 0.1) is 5.69 Å². The molecule has 0 saturated heterocycles. The smallest absolute Gasteiger partial charge is 0.273 e. The van der Waals surface area contributed by atoms with Crippen molar-refractivity contribution in [1.29, 1.82) is 0 Å². The molecule has 0 amide bonds. The molecule has 0 aliphatic rings. The van der Waals surface area contributed by atoms with Crippen molar-refractivity contribution in [3.63, 3.8) is 0 Å². The van der Waals surface area contributed by atoms with Crippen LogP contribution in [0.25, 0.3) is 5.69 Å². The molecule has 0 aliphatic heterocycles. The Balaban J connectivity index is 2.82. The van der Waals surface area contributed by atoms with Crippen LogP contribution in [0.3, 0.4) is 0 Å². The fraction of sp³-hybridized carbons (Fsp3) is 0.0909. The van der Waals surface area contributed by atoms with Crippen LogP contribution in [-0.2, 0) is 0 Å². The lowest BCUT2D eigenvalue weighted by molar-refractivity contribution is 0.846. The molecule has 1 aromatic heterocycles. The highest BCUT2D eigenvalue weighted by Crippen LogP contribution is 2.12. The third-order valence-corrected chi connectivity index (χ3v) is 3.22. The summed E-state index contributed by atoms with van der Waals surface area (Å²) in [7, 11) is 0. The molecule has 0 atom stereocenters. The molecule has 2 rings (SSSR count). The first kappa shape index (κ1) is 10.9. The molecule has 0 saturated carbocycles. The van der Waals surface area contributed by atoms with E-state index >= 15 is 0 Å². The Morgan fingerprint density at radius 1 is 1.19 bits per heavy atom. The monoisotopic (exact) mass is 280 g/mol. The number of nitrogens with zero attached hydrogens (tertiary/aromatic N) is 1. The zero-order valence-corrected chi connectivity index (χ0v) is 10.1. The fourth-order valence-corrected chi connectivity index (χ4v) is 1.79.